The lowest BCUT2D eigenvalue weighted by molar-refractivity contribution is -0.116. The lowest BCUT2D eigenvalue weighted by Gasteiger charge is -2.07. The number of Topliss-reactive ketones (excluding diaryl/α,β-unsaturated/α-hetero) is 1. The normalized spacial score (nSPS) is 10.4. The first-order valence-corrected chi connectivity index (χ1v) is 8.23. The van der Waals surface area contributed by atoms with E-state index in [0.29, 0.717) is 13.0 Å². The fraction of sp³-hybridized carbons (Fsp3) is 0.316. The maximum Gasteiger partial charge on any atom is 0.255 e. The number of primary amides is 1. The van der Waals surface area contributed by atoms with Crippen LogP contribution < -0.4 is 15.8 Å². The van der Waals surface area contributed by atoms with Crippen LogP contribution in [0.3, 0.4) is 0 Å². The van der Waals surface area contributed by atoms with Crippen LogP contribution in [-0.2, 0) is 4.79 Å². The van der Waals surface area contributed by atoms with Crippen molar-refractivity contribution >= 4 is 23.5 Å². The van der Waals surface area contributed by atoms with Crippen molar-refractivity contribution in [1.82, 2.24) is 0 Å². The molecule has 2 aromatic rings. The molecule has 0 spiro atoms. The van der Waals surface area contributed by atoms with Gasteiger partial charge in [-0.05, 0) is 39.3 Å². The maximum absolute atomic E-state index is 12.1. The summed E-state index contributed by atoms with van der Waals surface area (Å²) in [5.41, 5.74) is 6.45. The van der Waals surface area contributed by atoms with E-state index in [1.165, 1.54) is 13.8 Å². The third kappa shape index (κ3) is 4.72. The van der Waals surface area contributed by atoms with Gasteiger partial charge in [0, 0.05) is 6.42 Å². The number of furan rings is 1. The number of hydrogen-bond donors (Lipinski definition) is 2. The van der Waals surface area contributed by atoms with Gasteiger partial charge in [-0.3, -0.25) is 19.7 Å². The van der Waals surface area contributed by atoms with Crippen LogP contribution in [-0.4, -0.2) is 24.2 Å². The van der Waals surface area contributed by atoms with Gasteiger partial charge in [-0.1, -0.05) is 17.7 Å². The number of hydrogen-bond acceptors (Lipinski definition) is 5. The van der Waals surface area contributed by atoms with E-state index in [0.717, 1.165) is 11.3 Å². The Kier molecular flexibility index (Phi) is 6.16. The minimum atomic E-state index is -0.829. The van der Waals surface area contributed by atoms with E-state index in [4.69, 9.17) is 14.9 Å². The summed E-state index contributed by atoms with van der Waals surface area (Å²) in [5, 5.41) is 2.50. The van der Waals surface area contributed by atoms with Crippen LogP contribution in [0.1, 0.15) is 51.8 Å². The van der Waals surface area contributed by atoms with Gasteiger partial charge in [-0.15, -0.1) is 0 Å². The highest BCUT2D eigenvalue weighted by molar-refractivity contribution is 6.11. The Bertz CT molecular complexity index is 821. The number of anilines is 1. The van der Waals surface area contributed by atoms with Crippen LogP contribution in [0.5, 0.6) is 5.75 Å². The molecule has 7 heteroatoms. The van der Waals surface area contributed by atoms with Crippen LogP contribution in [0.2, 0.25) is 0 Å². The molecule has 1 aromatic heterocycles. The summed E-state index contributed by atoms with van der Waals surface area (Å²) in [5.74, 6) is -0.658. The molecule has 0 fully saturated rings. The smallest absolute Gasteiger partial charge is 0.255 e. The molecular formula is C19H22N2O5. The van der Waals surface area contributed by atoms with E-state index in [9.17, 15) is 14.4 Å². The highest BCUT2D eigenvalue weighted by Gasteiger charge is 2.25. The lowest BCUT2D eigenvalue weighted by Crippen LogP contribution is -2.19. The van der Waals surface area contributed by atoms with E-state index in [2.05, 4.69) is 5.32 Å². The van der Waals surface area contributed by atoms with Gasteiger partial charge < -0.3 is 14.9 Å². The summed E-state index contributed by atoms with van der Waals surface area (Å²) in [4.78, 5) is 35.4. The van der Waals surface area contributed by atoms with Crippen LogP contribution >= 0.6 is 0 Å². The van der Waals surface area contributed by atoms with Crippen LogP contribution in [0, 0.1) is 13.8 Å². The number of amides is 2. The molecule has 0 atom stereocenters. The number of ether oxygens (including phenoxy) is 1. The van der Waals surface area contributed by atoms with Gasteiger partial charge in [-0.2, -0.15) is 0 Å². The van der Waals surface area contributed by atoms with Crippen molar-refractivity contribution in [2.75, 3.05) is 11.9 Å². The summed E-state index contributed by atoms with van der Waals surface area (Å²) in [6.45, 7) is 5.20. The largest absolute Gasteiger partial charge is 0.494 e. The van der Waals surface area contributed by atoms with Gasteiger partial charge in [-0.25, -0.2) is 0 Å². The van der Waals surface area contributed by atoms with Crippen molar-refractivity contribution in [3.63, 3.8) is 0 Å². The monoisotopic (exact) mass is 358 g/mol. The van der Waals surface area contributed by atoms with Crippen LogP contribution in [0.15, 0.2) is 28.7 Å². The fourth-order valence-corrected chi connectivity index (χ4v) is 2.54. The number of rotatable bonds is 8. The van der Waals surface area contributed by atoms with Crippen molar-refractivity contribution in [3.05, 3.63) is 46.7 Å². The first kappa shape index (κ1) is 19.2. The second kappa shape index (κ2) is 8.33. The molecule has 0 aliphatic heterocycles. The predicted octanol–water partition coefficient (Wildman–Crippen LogP) is 3.00. The Morgan fingerprint density at radius 2 is 1.77 bits per heavy atom. The number of nitrogens with two attached hydrogens (primary N) is 1. The molecule has 1 aromatic carbocycles. The highest BCUT2D eigenvalue weighted by Crippen LogP contribution is 2.27. The molecule has 26 heavy (non-hydrogen) atoms. The Balaban J connectivity index is 1.91. The van der Waals surface area contributed by atoms with Gasteiger partial charge >= 0.3 is 0 Å². The van der Waals surface area contributed by atoms with Crippen molar-refractivity contribution in [1.29, 1.82) is 0 Å². The summed E-state index contributed by atoms with van der Waals surface area (Å²) in [6.07, 6.45) is 0.643. The zero-order chi connectivity index (χ0) is 19.3. The minimum absolute atomic E-state index is 0.0929. The van der Waals surface area contributed by atoms with Gasteiger partial charge in [0.2, 0.25) is 11.8 Å². The predicted molar refractivity (Wildman–Crippen MR) is 96.5 cm³/mol. The molecule has 2 amide bonds. The third-order valence-electron chi connectivity index (χ3n) is 3.77. The standard InChI is InChI=1S/C19H22N2O5/c1-11-6-8-14(9-7-11)25-10-4-5-15(23)21-19-17(18(20)24)16(12(2)22)13(3)26-19/h6-9H,4-5,10H2,1-3H3,(H2,20,24)(H,21,23). The average molecular weight is 358 g/mol. The van der Waals surface area contributed by atoms with Crippen molar-refractivity contribution in [2.24, 2.45) is 5.73 Å². The van der Waals surface area contributed by atoms with Gasteiger partial charge in [0.05, 0.1) is 12.2 Å². The Hall–Kier alpha value is -3.09. The van der Waals surface area contributed by atoms with E-state index < -0.39 is 5.91 Å². The molecule has 138 valence electrons. The second-order valence-electron chi connectivity index (χ2n) is 5.97. The first-order valence-electron chi connectivity index (χ1n) is 8.23. The summed E-state index contributed by atoms with van der Waals surface area (Å²) in [7, 11) is 0. The number of benzene rings is 1. The van der Waals surface area contributed by atoms with Gasteiger partial charge in [0.1, 0.15) is 17.1 Å². The maximum atomic E-state index is 12.1. The summed E-state index contributed by atoms with van der Waals surface area (Å²) in [6, 6.07) is 7.62. The molecule has 0 aliphatic carbocycles. The third-order valence-corrected chi connectivity index (χ3v) is 3.77. The zero-order valence-electron chi connectivity index (χ0n) is 15.0. The molecule has 2 rings (SSSR count). The molecule has 0 saturated carbocycles. The van der Waals surface area contributed by atoms with Crippen molar-refractivity contribution in [3.8, 4) is 5.75 Å². The molecular weight excluding hydrogens is 336 g/mol. The van der Waals surface area contributed by atoms with E-state index >= 15 is 0 Å². The topological polar surface area (TPSA) is 112 Å². The first-order chi connectivity index (χ1) is 12.3. The SMILES string of the molecule is CC(=O)c1c(C)oc(NC(=O)CCCOc2ccc(C)cc2)c1C(N)=O. The lowest BCUT2D eigenvalue weighted by atomic mass is 10.1. The van der Waals surface area contributed by atoms with E-state index in [-0.39, 0.29) is 40.9 Å². The fourth-order valence-electron chi connectivity index (χ4n) is 2.54. The second-order valence-corrected chi connectivity index (χ2v) is 5.97. The zero-order valence-corrected chi connectivity index (χ0v) is 15.0. The number of carbonyl (C=O) groups excluding carboxylic acids is 3. The van der Waals surface area contributed by atoms with E-state index in [1.54, 1.807) is 0 Å². The summed E-state index contributed by atoms with van der Waals surface area (Å²) < 4.78 is 10.9. The Morgan fingerprint density at radius 1 is 1.12 bits per heavy atom. The number of nitrogens with one attached hydrogen (secondary N) is 1. The summed E-state index contributed by atoms with van der Waals surface area (Å²) >= 11 is 0. The minimum Gasteiger partial charge on any atom is -0.494 e. The average Bonchev–Trinajstić information content (AvgIpc) is 2.89. The highest BCUT2D eigenvalue weighted by atomic mass is 16.5. The molecule has 0 unspecified atom stereocenters. The Morgan fingerprint density at radius 3 is 2.35 bits per heavy atom. The molecule has 0 radical (unpaired) electrons. The number of aryl methyl sites for hydroxylation is 2. The molecule has 0 aliphatic rings. The molecule has 0 bridgehead atoms. The van der Waals surface area contributed by atoms with Crippen molar-refractivity contribution < 1.29 is 23.5 Å². The molecule has 1 heterocycles. The molecule has 7 nitrogen and oxygen atoms in total. The molecule has 3 N–H and O–H groups in total. The quantitative estimate of drug-likeness (QED) is 0.556. The van der Waals surface area contributed by atoms with Crippen LogP contribution in [0.25, 0.3) is 0 Å². The number of carbonyl (C=O) groups is 3. The van der Waals surface area contributed by atoms with Crippen molar-refractivity contribution in [2.45, 2.75) is 33.6 Å². The Labute approximate surface area is 151 Å². The van der Waals surface area contributed by atoms with Gasteiger partial charge in [0.25, 0.3) is 5.91 Å². The van der Waals surface area contributed by atoms with Gasteiger partial charge in [0.15, 0.2) is 5.78 Å². The van der Waals surface area contributed by atoms with Crippen LogP contribution in [0.4, 0.5) is 5.88 Å². The van der Waals surface area contributed by atoms with E-state index in [1.807, 2.05) is 31.2 Å². The number of ketones is 1. The molecule has 0 saturated heterocycles.